The van der Waals surface area contributed by atoms with Gasteiger partial charge in [0.2, 0.25) is 0 Å². The molecule has 1 aromatic heterocycles. The van der Waals surface area contributed by atoms with E-state index < -0.39 is 5.60 Å². The maximum absolute atomic E-state index is 12.6. The monoisotopic (exact) mass is 408 g/mol. The fourth-order valence-corrected chi connectivity index (χ4v) is 5.28. The molecule has 0 radical (unpaired) electrons. The number of fused-ring (bicyclic) bond motifs is 1. The van der Waals surface area contributed by atoms with E-state index in [1.807, 2.05) is 29.4 Å². The summed E-state index contributed by atoms with van der Waals surface area (Å²) in [7, 11) is 0. The number of hydrogen-bond donors (Lipinski definition) is 0. The van der Waals surface area contributed by atoms with Crippen molar-refractivity contribution in [2.24, 2.45) is 11.3 Å². The summed E-state index contributed by atoms with van der Waals surface area (Å²) in [5.74, 6) is 0.344. The second-order valence-corrected chi connectivity index (χ2v) is 10.8. The third kappa shape index (κ3) is 3.66. The Kier molecular flexibility index (Phi) is 4.84. The lowest BCUT2D eigenvalue weighted by Gasteiger charge is -2.44. The van der Waals surface area contributed by atoms with Crippen molar-refractivity contribution in [2.75, 3.05) is 13.1 Å². The standard InChI is InChI=1S/C24H32N4O2/c1-22(2,3)14-27-15-24(30-21(27)29)10-6-7-18(12-24)23(4,5)28-16-26-19-9-8-17(13-25)11-20(19)28/h8-9,11,16,18H,6-7,10,12,14-15H2,1-5H3/t18-,24-/m0/s1. The fourth-order valence-electron chi connectivity index (χ4n) is 5.28. The van der Waals surface area contributed by atoms with Crippen LogP contribution in [-0.4, -0.2) is 39.2 Å². The van der Waals surface area contributed by atoms with Gasteiger partial charge in [0.1, 0.15) is 5.60 Å². The number of carbonyl (C=O) groups excluding carboxylic acids is 1. The third-order valence-electron chi connectivity index (χ3n) is 6.81. The number of aromatic nitrogens is 2. The molecule has 1 aromatic carbocycles. The number of carbonyl (C=O) groups is 1. The summed E-state index contributed by atoms with van der Waals surface area (Å²) in [4.78, 5) is 19.1. The lowest BCUT2D eigenvalue weighted by atomic mass is 9.70. The van der Waals surface area contributed by atoms with Crippen molar-refractivity contribution < 1.29 is 9.53 Å². The smallest absolute Gasteiger partial charge is 0.410 e. The van der Waals surface area contributed by atoms with Gasteiger partial charge < -0.3 is 14.2 Å². The summed E-state index contributed by atoms with van der Waals surface area (Å²) >= 11 is 0. The lowest BCUT2D eigenvalue weighted by molar-refractivity contribution is -0.0164. The zero-order chi connectivity index (χ0) is 21.7. The van der Waals surface area contributed by atoms with Crippen molar-refractivity contribution in [2.45, 2.75) is 71.4 Å². The second kappa shape index (κ2) is 7.01. The summed E-state index contributed by atoms with van der Waals surface area (Å²) in [6, 6.07) is 7.87. The highest BCUT2D eigenvalue weighted by Crippen LogP contribution is 2.46. The van der Waals surface area contributed by atoms with Gasteiger partial charge in [0, 0.05) is 12.1 Å². The van der Waals surface area contributed by atoms with Crippen LogP contribution in [0.1, 0.15) is 65.9 Å². The molecular formula is C24H32N4O2. The molecule has 1 aliphatic carbocycles. The summed E-state index contributed by atoms with van der Waals surface area (Å²) in [6.07, 6.45) is 5.62. The highest BCUT2D eigenvalue weighted by Gasteiger charge is 2.51. The van der Waals surface area contributed by atoms with Gasteiger partial charge in [-0.25, -0.2) is 9.78 Å². The lowest BCUT2D eigenvalue weighted by Crippen LogP contribution is -2.46. The van der Waals surface area contributed by atoms with E-state index in [-0.39, 0.29) is 17.0 Å². The first-order valence-corrected chi connectivity index (χ1v) is 10.9. The highest BCUT2D eigenvalue weighted by molar-refractivity contribution is 5.77. The molecule has 2 heterocycles. The van der Waals surface area contributed by atoms with Crippen LogP contribution in [0.4, 0.5) is 4.79 Å². The molecule has 0 unspecified atom stereocenters. The van der Waals surface area contributed by atoms with Crippen LogP contribution in [0.3, 0.4) is 0 Å². The fraction of sp³-hybridized carbons (Fsp3) is 0.625. The Balaban J connectivity index is 1.60. The largest absolute Gasteiger partial charge is 0.441 e. The number of rotatable bonds is 3. The van der Waals surface area contributed by atoms with Gasteiger partial charge in [-0.3, -0.25) is 0 Å². The van der Waals surface area contributed by atoms with E-state index in [4.69, 9.17) is 4.74 Å². The molecule has 4 rings (SSSR count). The first-order chi connectivity index (χ1) is 14.0. The molecule has 0 N–H and O–H groups in total. The molecule has 30 heavy (non-hydrogen) atoms. The normalized spacial score (nSPS) is 25.0. The van der Waals surface area contributed by atoms with Crippen LogP contribution in [0, 0.1) is 22.7 Å². The predicted octanol–water partition coefficient (Wildman–Crippen LogP) is 5.07. The third-order valence-corrected chi connectivity index (χ3v) is 6.81. The Bertz CT molecular complexity index is 1010. The van der Waals surface area contributed by atoms with E-state index in [2.05, 4.69) is 50.2 Å². The van der Waals surface area contributed by atoms with Crippen molar-refractivity contribution >= 4 is 17.1 Å². The molecule has 1 spiro atoms. The summed E-state index contributed by atoms with van der Waals surface area (Å²) < 4.78 is 8.24. The molecule has 1 aliphatic heterocycles. The first kappa shape index (κ1) is 20.7. The van der Waals surface area contributed by atoms with Gasteiger partial charge in [0.25, 0.3) is 0 Å². The Morgan fingerprint density at radius 3 is 2.77 bits per heavy atom. The van der Waals surface area contributed by atoms with Crippen LogP contribution in [0.15, 0.2) is 24.5 Å². The van der Waals surface area contributed by atoms with Crippen LogP contribution >= 0.6 is 0 Å². The molecule has 1 saturated carbocycles. The van der Waals surface area contributed by atoms with Gasteiger partial charge in [-0.15, -0.1) is 0 Å². The number of nitrogens with zero attached hydrogens (tertiary/aromatic N) is 4. The number of ether oxygens (including phenoxy) is 1. The molecular weight excluding hydrogens is 376 g/mol. The molecule has 1 saturated heterocycles. The van der Waals surface area contributed by atoms with Crippen LogP contribution in [0.2, 0.25) is 0 Å². The van der Waals surface area contributed by atoms with E-state index in [0.29, 0.717) is 24.6 Å². The maximum Gasteiger partial charge on any atom is 0.410 e. The van der Waals surface area contributed by atoms with Gasteiger partial charge in [0.15, 0.2) is 0 Å². The van der Waals surface area contributed by atoms with Crippen LogP contribution in [0.25, 0.3) is 11.0 Å². The van der Waals surface area contributed by atoms with Crippen LogP contribution in [-0.2, 0) is 10.3 Å². The van der Waals surface area contributed by atoms with E-state index >= 15 is 0 Å². The van der Waals surface area contributed by atoms with Gasteiger partial charge in [-0.05, 0) is 69.1 Å². The van der Waals surface area contributed by atoms with Crippen molar-refractivity contribution in [3.63, 3.8) is 0 Å². The molecule has 2 aromatic rings. The SMILES string of the molecule is CC(C)(C)CN1C[C@@]2(CCC[C@H](C(C)(C)n3cnc4ccc(C#N)cc43)C2)OC1=O. The van der Waals surface area contributed by atoms with E-state index in [1.165, 1.54) is 0 Å². The summed E-state index contributed by atoms with van der Waals surface area (Å²) in [5.41, 5.74) is 1.97. The van der Waals surface area contributed by atoms with E-state index in [0.717, 1.165) is 36.7 Å². The average molecular weight is 409 g/mol. The number of imidazole rings is 1. The minimum atomic E-state index is -0.392. The maximum atomic E-state index is 12.6. The Morgan fingerprint density at radius 1 is 1.30 bits per heavy atom. The minimum absolute atomic E-state index is 0.0477. The van der Waals surface area contributed by atoms with Crippen molar-refractivity contribution in [3.05, 3.63) is 30.1 Å². The first-order valence-electron chi connectivity index (χ1n) is 10.9. The Hall–Kier alpha value is -2.55. The Labute approximate surface area is 178 Å². The zero-order valence-electron chi connectivity index (χ0n) is 18.7. The average Bonchev–Trinajstić information content (AvgIpc) is 3.21. The van der Waals surface area contributed by atoms with Crippen molar-refractivity contribution in [3.8, 4) is 6.07 Å². The molecule has 0 bridgehead atoms. The van der Waals surface area contributed by atoms with Gasteiger partial charge in [0.05, 0.1) is 35.5 Å². The second-order valence-electron chi connectivity index (χ2n) is 10.8. The van der Waals surface area contributed by atoms with E-state index in [1.54, 1.807) is 0 Å². The number of benzene rings is 1. The topological polar surface area (TPSA) is 71.2 Å². The van der Waals surface area contributed by atoms with E-state index in [9.17, 15) is 10.1 Å². The zero-order valence-corrected chi connectivity index (χ0v) is 18.7. The van der Waals surface area contributed by atoms with Gasteiger partial charge in [-0.1, -0.05) is 20.8 Å². The molecule has 6 nitrogen and oxygen atoms in total. The number of amides is 1. The molecule has 1 amide bonds. The molecule has 6 heteroatoms. The number of nitriles is 1. The summed E-state index contributed by atoms with van der Waals surface area (Å²) in [6.45, 7) is 12.3. The molecule has 160 valence electrons. The minimum Gasteiger partial charge on any atom is -0.441 e. The van der Waals surface area contributed by atoms with Crippen LogP contribution in [0.5, 0.6) is 0 Å². The quantitative estimate of drug-likeness (QED) is 0.711. The van der Waals surface area contributed by atoms with Crippen molar-refractivity contribution in [1.82, 2.24) is 14.5 Å². The predicted molar refractivity (Wildman–Crippen MR) is 116 cm³/mol. The molecule has 2 aliphatic rings. The van der Waals surface area contributed by atoms with Crippen molar-refractivity contribution in [1.29, 1.82) is 5.26 Å². The summed E-state index contributed by atoms with van der Waals surface area (Å²) in [5, 5.41) is 9.31. The molecule has 2 atom stereocenters. The van der Waals surface area contributed by atoms with Crippen LogP contribution < -0.4 is 0 Å². The number of hydrogen-bond acceptors (Lipinski definition) is 4. The van der Waals surface area contributed by atoms with Gasteiger partial charge in [-0.2, -0.15) is 5.26 Å². The molecule has 2 fully saturated rings. The Morgan fingerprint density at radius 2 is 2.07 bits per heavy atom. The highest BCUT2D eigenvalue weighted by atomic mass is 16.6. The van der Waals surface area contributed by atoms with Gasteiger partial charge >= 0.3 is 6.09 Å².